The van der Waals surface area contributed by atoms with E-state index >= 15 is 0 Å². The van der Waals surface area contributed by atoms with Gasteiger partial charge in [-0.2, -0.15) is 0 Å². The van der Waals surface area contributed by atoms with Crippen LogP contribution in [0, 0.1) is 23.2 Å². The molecule has 0 aromatic heterocycles. The first-order chi connectivity index (χ1) is 6.25. The van der Waals surface area contributed by atoms with E-state index in [1.54, 1.807) is 0 Å². The SMILES string of the molecule is O=C(O)C12CCCC1C1CCC2C1. The number of rotatable bonds is 1. The van der Waals surface area contributed by atoms with E-state index in [0.717, 1.165) is 18.8 Å². The molecule has 3 fully saturated rings. The van der Waals surface area contributed by atoms with Crippen molar-refractivity contribution >= 4 is 5.97 Å². The first kappa shape index (κ1) is 7.84. The van der Waals surface area contributed by atoms with Crippen molar-refractivity contribution in [3.63, 3.8) is 0 Å². The van der Waals surface area contributed by atoms with E-state index in [9.17, 15) is 9.90 Å². The average molecular weight is 180 g/mol. The molecule has 0 saturated heterocycles. The van der Waals surface area contributed by atoms with Crippen LogP contribution in [0.3, 0.4) is 0 Å². The summed E-state index contributed by atoms with van der Waals surface area (Å²) < 4.78 is 0. The van der Waals surface area contributed by atoms with Crippen LogP contribution >= 0.6 is 0 Å². The highest BCUT2D eigenvalue weighted by Crippen LogP contribution is 2.66. The van der Waals surface area contributed by atoms with E-state index in [-0.39, 0.29) is 5.41 Å². The van der Waals surface area contributed by atoms with E-state index in [0.29, 0.717) is 11.8 Å². The molecule has 4 unspecified atom stereocenters. The van der Waals surface area contributed by atoms with E-state index in [1.165, 1.54) is 25.7 Å². The molecule has 2 nitrogen and oxygen atoms in total. The minimum Gasteiger partial charge on any atom is -0.481 e. The van der Waals surface area contributed by atoms with Crippen LogP contribution in [0.2, 0.25) is 0 Å². The summed E-state index contributed by atoms with van der Waals surface area (Å²) in [6.45, 7) is 0. The third kappa shape index (κ3) is 0.733. The van der Waals surface area contributed by atoms with Crippen molar-refractivity contribution in [2.45, 2.75) is 38.5 Å². The van der Waals surface area contributed by atoms with Crippen LogP contribution in [0.15, 0.2) is 0 Å². The van der Waals surface area contributed by atoms with E-state index in [2.05, 4.69) is 0 Å². The Morgan fingerprint density at radius 2 is 2.15 bits per heavy atom. The van der Waals surface area contributed by atoms with Crippen LogP contribution in [0.1, 0.15) is 38.5 Å². The Kier molecular flexibility index (Phi) is 1.38. The minimum atomic E-state index is -0.484. The summed E-state index contributed by atoms with van der Waals surface area (Å²) in [4.78, 5) is 11.4. The van der Waals surface area contributed by atoms with Crippen LogP contribution in [-0.2, 0) is 4.79 Å². The second-order valence-corrected chi connectivity index (χ2v) is 5.11. The Morgan fingerprint density at radius 3 is 2.85 bits per heavy atom. The molecule has 72 valence electrons. The zero-order valence-electron chi connectivity index (χ0n) is 7.83. The van der Waals surface area contributed by atoms with Gasteiger partial charge in [0.15, 0.2) is 0 Å². The Hall–Kier alpha value is -0.530. The molecular weight excluding hydrogens is 164 g/mol. The first-order valence-corrected chi connectivity index (χ1v) is 5.48. The second kappa shape index (κ2) is 2.28. The lowest BCUT2D eigenvalue weighted by Gasteiger charge is -2.35. The largest absolute Gasteiger partial charge is 0.481 e. The number of fused-ring (bicyclic) bond motifs is 5. The van der Waals surface area contributed by atoms with Gasteiger partial charge in [0.25, 0.3) is 0 Å². The average Bonchev–Trinajstić information content (AvgIpc) is 2.76. The Labute approximate surface area is 78.3 Å². The predicted octanol–water partition coefficient (Wildman–Crippen LogP) is 2.29. The third-order valence-electron chi connectivity index (χ3n) is 4.94. The number of carbonyl (C=O) groups is 1. The van der Waals surface area contributed by atoms with Gasteiger partial charge in [0, 0.05) is 0 Å². The molecule has 0 radical (unpaired) electrons. The standard InChI is InChI=1S/C11H16O2/c12-10(13)11-5-1-2-9(11)7-3-4-8(11)6-7/h7-9H,1-6H2,(H,12,13). The molecule has 4 atom stereocenters. The molecule has 0 spiro atoms. The molecule has 0 aromatic carbocycles. The molecule has 0 amide bonds. The van der Waals surface area contributed by atoms with E-state index in [1.807, 2.05) is 0 Å². The van der Waals surface area contributed by atoms with Crippen molar-refractivity contribution in [2.24, 2.45) is 23.2 Å². The zero-order chi connectivity index (χ0) is 9.05. The second-order valence-electron chi connectivity index (χ2n) is 5.11. The van der Waals surface area contributed by atoms with E-state index in [4.69, 9.17) is 0 Å². The molecule has 0 aliphatic heterocycles. The van der Waals surface area contributed by atoms with Crippen molar-refractivity contribution in [3.05, 3.63) is 0 Å². The molecule has 3 saturated carbocycles. The van der Waals surface area contributed by atoms with Crippen molar-refractivity contribution in [2.75, 3.05) is 0 Å². The van der Waals surface area contributed by atoms with Crippen molar-refractivity contribution in [1.82, 2.24) is 0 Å². The highest BCUT2D eigenvalue weighted by atomic mass is 16.4. The molecule has 3 aliphatic rings. The molecule has 0 aromatic rings. The summed E-state index contributed by atoms with van der Waals surface area (Å²) in [5, 5.41) is 9.40. The highest BCUT2D eigenvalue weighted by Gasteiger charge is 2.63. The summed E-state index contributed by atoms with van der Waals surface area (Å²) in [5.74, 6) is 1.36. The monoisotopic (exact) mass is 180 g/mol. The molecule has 3 rings (SSSR count). The summed E-state index contributed by atoms with van der Waals surface area (Å²) >= 11 is 0. The fourth-order valence-corrected chi connectivity index (χ4v) is 4.51. The number of hydrogen-bond donors (Lipinski definition) is 1. The normalized spacial score (nSPS) is 52.5. The zero-order valence-corrected chi connectivity index (χ0v) is 7.83. The molecular formula is C11H16O2. The fraction of sp³-hybridized carbons (Fsp3) is 0.909. The van der Waals surface area contributed by atoms with Crippen LogP contribution in [0.25, 0.3) is 0 Å². The quantitative estimate of drug-likeness (QED) is 0.672. The van der Waals surface area contributed by atoms with Crippen molar-refractivity contribution < 1.29 is 9.90 Å². The van der Waals surface area contributed by atoms with Gasteiger partial charge in [-0.15, -0.1) is 0 Å². The summed E-state index contributed by atoms with van der Waals surface area (Å²) in [7, 11) is 0. The lowest BCUT2D eigenvalue weighted by Crippen LogP contribution is -2.39. The minimum absolute atomic E-state index is 0.261. The van der Waals surface area contributed by atoms with Crippen LogP contribution in [0.5, 0.6) is 0 Å². The molecule has 3 aliphatic carbocycles. The first-order valence-electron chi connectivity index (χ1n) is 5.48. The fourth-order valence-electron chi connectivity index (χ4n) is 4.51. The number of aliphatic carboxylic acids is 1. The summed E-state index contributed by atoms with van der Waals surface area (Å²) in [6, 6.07) is 0. The Balaban J connectivity index is 2.04. The van der Waals surface area contributed by atoms with E-state index < -0.39 is 5.97 Å². The lowest BCUT2D eigenvalue weighted by molar-refractivity contribution is -0.154. The van der Waals surface area contributed by atoms with Crippen LogP contribution in [-0.4, -0.2) is 11.1 Å². The molecule has 1 N–H and O–H groups in total. The van der Waals surface area contributed by atoms with Gasteiger partial charge in [-0.25, -0.2) is 0 Å². The highest BCUT2D eigenvalue weighted by molar-refractivity contribution is 5.77. The predicted molar refractivity (Wildman–Crippen MR) is 48.2 cm³/mol. The number of carboxylic acid groups (broad SMARTS) is 1. The topological polar surface area (TPSA) is 37.3 Å². The van der Waals surface area contributed by atoms with Gasteiger partial charge in [-0.1, -0.05) is 6.42 Å². The van der Waals surface area contributed by atoms with Gasteiger partial charge in [-0.05, 0) is 49.9 Å². The van der Waals surface area contributed by atoms with Gasteiger partial charge in [0.1, 0.15) is 0 Å². The van der Waals surface area contributed by atoms with Crippen LogP contribution in [0.4, 0.5) is 0 Å². The summed E-state index contributed by atoms with van der Waals surface area (Å²) in [5.41, 5.74) is -0.261. The van der Waals surface area contributed by atoms with Gasteiger partial charge in [-0.3, -0.25) is 4.79 Å². The number of hydrogen-bond acceptors (Lipinski definition) is 1. The molecule has 2 heteroatoms. The molecule has 0 heterocycles. The van der Waals surface area contributed by atoms with Crippen LogP contribution < -0.4 is 0 Å². The molecule has 2 bridgehead atoms. The van der Waals surface area contributed by atoms with Crippen molar-refractivity contribution in [3.8, 4) is 0 Å². The van der Waals surface area contributed by atoms with Gasteiger partial charge >= 0.3 is 5.97 Å². The lowest BCUT2D eigenvalue weighted by atomic mass is 9.68. The van der Waals surface area contributed by atoms with Gasteiger partial charge in [0.2, 0.25) is 0 Å². The smallest absolute Gasteiger partial charge is 0.310 e. The number of carboxylic acids is 1. The van der Waals surface area contributed by atoms with Gasteiger partial charge in [0.05, 0.1) is 5.41 Å². The van der Waals surface area contributed by atoms with Crippen molar-refractivity contribution in [1.29, 1.82) is 0 Å². The Morgan fingerprint density at radius 1 is 1.31 bits per heavy atom. The van der Waals surface area contributed by atoms with Gasteiger partial charge < -0.3 is 5.11 Å². The molecule has 13 heavy (non-hydrogen) atoms. The maximum atomic E-state index is 11.4. The third-order valence-corrected chi connectivity index (χ3v) is 4.94. The summed E-state index contributed by atoms with van der Waals surface area (Å²) in [6.07, 6.45) is 7.03. The Bertz CT molecular complexity index is 261. The maximum Gasteiger partial charge on any atom is 0.310 e. The maximum absolute atomic E-state index is 11.4.